The highest BCUT2D eigenvalue weighted by molar-refractivity contribution is 5.81. The summed E-state index contributed by atoms with van der Waals surface area (Å²) in [7, 11) is 3.17. The van der Waals surface area contributed by atoms with Crippen LogP contribution in [0.3, 0.4) is 0 Å². The van der Waals surface area contributed by atoms with Crippen molar-refractivity contribution >= 4 is 35.0 Å². The third-order valence-corrected chi connectivity index (χ3v) is 6.45. The standard InChI is InChI=1S/C29H28N10O8/c1-38(2)23(41)12-16-9-17(25-33-7-8-34-25)13-18(10-16)46-27-24(39(44)45)26(35-20(28(42)43)5-6-22(32)40)36-29(37-27)47-21-11-15(14-30)3-4-19(21)31/h3-4,7-11,13,20H,5-6,12,31H2,1-2H3,(H2,32,40)(H,33,34)(H,42,43)(H,35,36,37). The largest absolute Gasteiger partial charge is 0.480 e. The molecule has 0 aliphatic rings. The number of amides is 2. The molecule has 2 aromatic heterocycles. The lowest BCUT2D eigenvalue weighted by molar-refractivity contribution is -0.385. The zero-order valence-electron chi connectivity index (χ0n) is 25.0. The minimum Gasteiger partial charge on any atom is -0.480 e. The lowest BCUT2D eigenvalue weighted by atomic mass is 10.1. The molecule has 0 fully saturated rings. The molecule has 2 aromatic carbocycles. The predicted octanol–water partition coefficient (Wildman–Crippen LogP) is 2.57. The summed E-state index contributed by atoms with van der Waals surface area (Å²) in [5, 5.41) is 33.9. The van der Waals surface area contributed by atoms with E-state index in [2.05, 4.69) is 25.3 Å². The normalized spacial score (nSPS) is 11.2. The monoisotopic (exact) mass is 644 g/mol. The Bertz CT molecular complexity index is 1870. The third kappa shape index (κ3) is 8.45. The molecule has 0 radical (unpaired) electrons. The number of carbonyl (C=O) groups is 3. The molecule has 18 heteroatoms. The van der Waals surface area contributed by atoms with Gasteiger partial charge in [0.25, 0.3) is 0 Å². The number of nitrogens with zero attached hydrogens (tertiary/aromatic N) is 6. The molecule has 0 aliphatic carbocycles. The Balaban J connectivity index is 1.87. The summed E-state index contributed by atoms with van der Waals surface area (Å²) >= 11 is 0. The van der Waals surface area contributed by atoms with E-state index in [0.29, 0.717) is 17.0 Å². The molecule has 47 heavy (non-hydrogen) atoms. The van der Waals surface area contributed by atoms with Crippen LogP contribution in [0, 0.1) is 21.4 Å². The Morgan fingerprint density at radius 1 is 1.19 bits per heavy atom. The van der Waals surface area contributed by atoms with E-state index in [-0.39, 0.29) is 47.9 Å². The van der Waals surface area contributed by atoms with Crippen molar-refractivity contribution in [2.24, 2.45) is 5.73 Å². The zero-order valence-corrected chi connectivity index (χ0v) is 25.0. The summed E-state index contributed by atoms with van der Waals surface area (Å²) in [5.41, 5.74) is 11.5. The number of nitro groups is 1. The van der Waals surface area contributed by atoms with Gasteiger partial charge in [0.15, 0.2) is 5.75 Å². The number of hydrogen-bond donors (Lipinski definition) is 5. The van der Waals surface area contributed by atoms with Crippen molar-refractivity contribution in [2.75, 3.05) is 25.1 Å². The van der Waals surface area contributed by atoms with Crippen molar-refractivity contribution in [3.05, 3.63) is 70.0 Å². The first-order valence-corrected chi connectivity index (χ1v) is 13.7. The molecular formula is C29H28N10O8. The van der Waals surface area contributed by atoms with Gasteiger partial charge in [-0.3, -0.25) is 19.7 Å². The number of imidazole rings is 1. The summed E-state index contributed by atoms with van der Waals surface area (Å²) in [5.74, 6) is -3.49. The molecule has 0 bridgehead atoms. The highest BCUT2D eigenvalue weighted by atomic mass is 16.6. The first-order valence-electron chi connectivity index (χ1n) is 13.7. The first kappa shape index (κ1) is 33.1. The van der Waals surface area contributed by atoms with Crippen molar-refractivity contribution in [3.8, 4) is 40.8 Å². The second-order valence-electron chi connectivity index (χ2n) is 10.1. The Morgan fingerprint density at radius 2 is 1.96 bits per heavy atom. The van der Waals surface area contributed by atoms with Gasteiger partial charge in [-0.1, -0.05) is 0 Å². The van der Waals surface area contributed by atoms with Crippen LogP contribution in [0.4, 0.5) is 17.2 Å². The average molecular weight is 645 g/mol. The second kappa shape index (κ2) is 14.3. The van der Waals surface area contributed by atoms with Crippen LogP contribution >= 0.6 is 0 Å². The minimum atomic E-state index is -1.56. The number of likely N-dealkylation sites (N-methyl/N-ethyl adjacent to an activating group) is 1. The van der Waals surface area contributed by atoms with E-state index in [1.54, 1.807) is 26.4 Å². The Labute approximate surface area is 266 Å². The quantitative estimate of drug-likeness (QED) is 0.0749. The molecular weight excluding hydrogens is 616 g/mol. The summed E-state index contributed by atoms with van der Waals surface area (Å²) in [6.45, 7) is 0. The molecule has 0 saturated carbocycles. The van der Waals surface area contributed by atoms with Crippen LogP contribution in [-0.4, -0.2) is 72.8 Å². The number of H-pyrrole nitrogens is 1. The predicted molar refractivity (Wildman–Crippen MR) is 164 cm³/mol. The Morgan fingerprint density at radius 3 is 2.57 bits per heavy atom. The minimum absolute atomic E-state index is 0.00587. The van der Waals surface area contributed by atoms with Gasteiger partial charge in [-0.15, -0.1) is 0 Å². The van der Waals surface area contributed by atoms with Crippen LogP contribution < -0.4 is 26.3 Å². The summed E-state index contributed by atoms with van der Waals surface area (Å²) < 4.78 is 11.6. The average Bonchev–Trinajstić information content (AvgIpc) is 3.55. The number of nitriles is 1. The van der Waals surface area contributed by atoms with Crippen LogP contribution in [0.15, 0.2) is 48.8 Å². The van der Waals surface area contributed by atoms with Gasteiger partial charge >= 0.3 is 23.5 Å². The van der Waals surface area contributed by atoms with Crippen LogP contribution in [-0.2, 0) is 20.8 Å². The van der Waals surface area contributed by atoms with Crippen LogP contribution in [0.2, 0.25) is 0 Å². The van der Waals surface area contributed by atoms with Crippen molar-refractivity contribution in [1.82, 2.24) is 24.8 Å². The highest BCUT2D eigenvalue weighted by Crippen LogP contribution is 2.39. The number of carboxylic acids is 1. The number of aliphatic carboxylic acids is 1. The molecule has 7 N–H and O–H groups in total. The maximum Gasteiger partial charge on any atom is 0.373 e. The van der Waals surface area contributed by atoms with Crippen molar-refractivity contribution < 1.29 is 33.9 Å². The number of hydrogen-bond acceptors (Lipinski definition) is 13. The molecule has 0 saturated heterocycles. The molecule has 0 spiro atoms. The van der Waals surface area contributed by atoms with E-state index in [9.17, 15) is 34.9 Å². The number of rotatable bonds is 14. The fourth-order valence-electron chi connectivity index (χ4n) is 4.12. The molecule has 1 atom stereocenters. The van der Waals surface area contributed by atoms with Crippen molar-refractivity contribution in [1.29, 1.82) is 5.26 Å². The van der Waals surface area contributed by atoms with Crippen LogP contribution in [0.25, 0.3) is 11.4 Å². The lowest BCUT2D eigenvalue weighted by Crippen LogP contribution is -2.31. The molecule has 18 nitrogen and oxygen atoms in total. The summed E-state index contributed by atoms with van der Waals surface area (Å²) in [4.78, 5) is 64.1. The molecule has 4 aromatic rings. The Kier molecular flexibility index (Phi) is 10.1. The fourth-order valence-corrected chi connectivity index (χ4v) is 4.12. The van der Waals surface area contributed by atoms with E-state index in [0.717, 1.165) is 0 Å². The molecule has 0 aliphatic heterocycles. The number of benzene rings is 2. The fraction of sp³-hybridized carbons (Fsp3) is 0.207. The first-order chi connectivity index (χ1) is 22.3. The van der Waals surface area contributed by atoms with Gasteiger partial charge in [0.2, 0.25) is 17.6 Å². The Hall–Kier alpha value is -6.77. The van der Waals surface area contributed by atoms with Crippen LogP contribution in [0.5, 0.6) is 23.4 Å². The number of primary amides is 1. The van der Waals surface area contributed by atoms with Crippen molar-refractivity contribution in [3.63, 3.8) is 0 Å². The van der Waals surface area contributed by atoms with Crippen molar-refractivity contribution in [2.45, 2.75) is 25.3 Å². The number of aromatic amines is 1. The number of nitrogen functional groups attached to an aromatic ring is 1. The number of ether oxygens (including phenoxy) is 2. The lowest BCUT2D eigenvalue weighted by Gasteiger charge is -2.17. The summed E-state index contributed by atoms with van der Waals surface area (Å²) in [6, 6.07) is 8.53. The van der Waals surface area contributed by atoms with E-state index < -0.39 is 46.2 Å². The smallest absolute Gasteiger partial charge is 0.373 e. The van der Waals surface area contributed by atoms with E-state index in [1.807, 2.05) is 6.07 Å². The van der Waals surface area contributed by atoms with Gasteiger partial charge in [0.1, 0.15) is 17.6 Å². The van der Waals surface area contributed by atoms with Gasteiger partial charge in [-0.25, -0.2) is 9.78 Å². The number of anilines is 2. The van der Waals surface area contributed by atoms with Gasteiger partial charge in [0, 0.05) is 44.5 Å². The third-order valence-electron chi connectivity index (χ3n) is 6.45. The van der Waals surface area contributed by atoms with Gasteiger partial charge in [-0.2, -0.15) is 15.2 Å². The number of carboxylic acid groups (broad SMARTS) is 1. The molecule has 2 heterocycles. The van der Waals surface area contributed by atoms with Gasteiger partial charge < -0.3 is 41.2 Å². The highest BCUT2D eigenvalue weighted by Gasteiger charge is 2.32. The molecule has 1 unspecified atom stereocenters. The maximum atomic E-state index is 12.5. The van der Waals surface area contributed by atoms with E-state index in [4.69, 9.17) is 20.9 Å². The molecule has 4 rings (SSSR count). The summed E-state index contributed by atoms with van der Waals surface area (Å²) in [6.07, 6.45) is 2.33. The van der Waals surface area contributed by atoms with Gasteiger partial charge in [0.05, 0.1) is 28.7 Å². The number of nitrogens with one attached hydrogen (secondary N) is 2. The zero-order chi connectivity index (χ0) is 34.2. The van der Waals surface area contributed by atoms with Gasteiger partial charge in [-0.05, 0) is 42.3 Å². The van der Waals surface area contributed by atoms with Crippen LogP contribution in [0.1, 0.15) is 24.0 Å². The second-order valence-corrected chi connectivity index (χ2v) is 10.1. The molecule has 242 valence electrons. The topological polar surface area (TPSA) is 279 Å². The SMILES string of the molecule is CN(C)C(=O)Cc1cc(Oc2nc(Oc3cc(C#N)ccc3N)nc(NC(CCC(N)=O)C(=O)O)c2[N+](=O)[O-])cc(-c2ncc[nH]2)c1. The van der Waals surface area contributed by atoms with E-state index in [1.165, 1.54) is 41.4 Å². The maximum absolute atomic E-state index is 12.5. The number of carbonyl (C=O) groups excluding carboxylic acids is 2. The van der Waals surface area contributed by atoms with E-state index >= 15 is 0 Å². The molecule has 2 amide bonds. The number of aromatic nitrogens is 4. The number of nitrogens with two attached hydrogens (primary N) is 2.